The fraction of sp³-hybridized carbons (Fsp3) is 0.818. The van der Waals surface area contributed by atoms with Crippen LogP contribution < -0.4 is 11.1 Å². The summed E-state index contributed by atoms with van der Waals surface area (Å²) in [5.41, 5.74) is 5.02. The van der Waals surface area contributed by atoms with Gasteiger partial charge in [0.1, 0.15) is 11.6 Å². The molecular weight excluding hydrogens is 260 g/mol. The Labute approximate surface area is 114 Å². The second-order valence-corrected chi connectivity index (χ2v) is 4.70. The maximum Gasteiger partial charge on any atom is 0.407 e. The molecule has 0 aromatic rings. The standard InChI is InChI=1S/C11H22N2O4.ClH/c1-11(2,3)17-10(15)13-7-5-6-8(12)9(14)16-4;/h8H,5-7,12H2,1-4H3,(H,13,15);1H/t8-;/m0./s1. The van der Waals surface area contributed by atoms with E-state index in [2.05, 4.69) is 10.1 Å². The molecule has 0 aromatic carbocycles. The first-order valence-corrected chi connectivity index (χ1v) is 5.56. The first-order valence-electron chi connectivity index (χ1n) is 5.56. The first-order chi connectivity index (χ1) is 7.76. The van der Waals surface area contributed by atoms with Crippen LogP contribution in [0.2, 0.25) is 0 Å². The minimum Gasteiger partial charge on any atom is -0.468 e. The molecule has 0 aromatic heterocycles. The van der Waals surface area contributed by atoms with Crippen molar-refractivity contribution in [1.82, 2.24) is 5.32 Å². The molecular formula is C11H23ClN2O4. The van der Waals surface area contributed by atoms with E-state index in [0.29, 0.717) is 19.4 Å². The van der Waals surface area contributed by atoms with Crippen LogP contribution >= 0.6 is 12.4 Å². The fourth-order valence-electron chi connectivity index (χ4n) is 1.10. The highest BCUT2D eigenvalue weighted by atomic mass is 35.5. The number of alkyl carbamates (subject to hydrolysis) is 1. The maximum absolute atomic E-state index is 11.2. The lowest BCUT2D eigenvalue weighted by atomic mass is 10.2. The minimum absolute atomic E-state index is 0. The number of carbonyl (C=O) groups excluding carboxylic acids is 2. The van der Waals surface area contributed by atoms with Crippen molar-refractivity contribution in [3.05, 3.63) is 0 Å². The second kappa shape index (κ2) is 8.99. The first kappa shape index (κ1) is 19.3. The van der Waals surface area contributed by atoms with Gasteiger partial charge in [0.15, 0.2) is 0 Å². The van der Waals surface area contributed by atoms with Gasteiger partial charge in [-0.25, -0.2) is 4.79 Å². The summed E-state index contributed by atoms with van der Waals surface area (Å²) >= 11 is 0. The number of carbonyl (C=O) groups is 2. The summed E-state index contributed by atoms with van der Waals surface area (Å²) in [5, 5.41) is 2.58. The molecule has 0 heterocycles. The molecule has 7 heteroatoms. The smallest absolute Gasteiger partial charge is 0.407 e. The lowest BCUT2D eigenvalue weighted by Gasteiger charge is -2.19. The Bertz CT molecular complexity index is 266. The summed E-state index contributed by atoms with van der Waals surface area (Å²) in [6.07, 6.45) is 0.585. The Morgan fingerprint density at radius 2 is 1.89 bits per heavy atom. The Morgan fingerprint density at radius 3 is 2.33 bits per heavy atom. The molecule has 108 valence electrons. The SMILES string of the molecule is COC(=O)[C@@H](N)CCCNC(=O)OC(C)(C)C.Cl. The summed E-state index contributed by atoms with van der Waals surface area (Å²) in [5.74, 6) is -0.442. The zero-order valence-electron chi connectivity index (χ0n) is 11.3. The van der Waals surface area contributed by atoms with Crippen molar-refractivity contribution >= 4 is 24.5 Å². The van der Waals surface area contributed by atoms with Crippen LogP contribution in [0.5, 0.6) is 0 Å². The topological polar surface area (TPSA) is 90.6 Å². The van der Waals surface area contributed by atoms with Crippen LogP contribution in [-0.2, 0) is 14.3 Å². The van der Waals surface area contributed by atoms with Gasteiger partial charge in [0.25, 0.3) is 0 Å². The predicted octanol–water partition coefficient (Wildman–Crippen LogP) is 1.21. The minimum atomic E-state index is -0.638. The number of amides is 1. The van der Waals surface area contributed by atoms with E-state index in [9.17, 15) is 9.59 Å². The number of ether oxygens (including phenoxy) is 2. The van der Waals surface area contributed by atoms with Gasteiger partial charge in [-0.1, -0.05) is 0 Å². The molecule has 1 atom stereocenters. The summed E-state index contributed by atoms with van der Waals surface area (Å²) in [6, 6.07) is -0.638. The van der Waals surface area contributed by atoms with Gasteiger partial charge in [0, 0.05) is 6.54 Å². The van der Waals surface area contributed by atoms with Crippen molar-refractivity contribution in [2.24, 2.45) is 5.73 Å². The van der Waals surface area contributed by atoms with Crippen molar-refractivity contribution < 1.29 is 19.1 Å². The Balaban J connectivity index is 0. The summed E-state index contributed by atoms with van der Waals surface area (Å²) in [6.45, 7) is 5.79. The number of rotatable bonds is 5. The molecule has 0 fully saturated rings. The van der Waals surface area contributed by atoms with Crippen molar-refractivity contribution in [2.45, 2.75) is 45.3 Å². The molecule has 0 spiro atoms. The van der Waals surface area contributed by atoms with Crippen molar-refractivity contribution in [3.63, 3.8) is 0 Å². The molecule has 1 amide bonds. The van der Waals surface area contributed by atoms with E-state index in [0.717, 1.165) is 0 Å². The number of nitrogens with one attached hydrogen (secondary N) is 1. The number of methoxy groups -OCH3 is 1. The lowest BCUT2D eigenvalue weighted by Crippen LogP contribution is -2.35. The molecule has 0 bridgehead atoms. The number of esters is 1. The molecule has 0 unspecified atom stereocenters. The van der Waals surface area contributed by atoms with E-state index < -0.39 is 23.7 Å². The molecule has 0 saturated heterocycles. The van der Waals surface area contributed by atoms with Crippen molar-refractivity contribution in [2.75, 3.05) is 13.7 Å². The van der Waals surface area contributed by atoms with Crippen LogP contribution in [0.25, 0.3) is 0 Å². The maximum atomic E-state index is 11.2. The molecule has 3 N–H and O–H groups in total. The van der Waals surface area contributed by atoms with Gasteiger partial charge < -0.3 is 20.5 Å². The van der Waals surface area contributed by atoms with Gasteiger partial charge in [-0.15, -0.1) is 12.4 Å². The van der Waals surface area contributed by atoms with E-state index in [-0.39, 0.29) is 12.4 Å². The van der Waals surface area contributed by atoms with E-state index in [1.54, 1.807) is 20.8 Å². The average molecular weight is 283 g/mol. The van der Waals surface area contributed by atoms with E-state index in [4.69, 9.17) is 10.5 Å². The molecule has 0 aliphatic heterocycles. The fourth-order valence-corrected chi connectivity index (χ4v) is 1.10. The van der Waals surface area contributed by atoms with Crippen LogP contribution in [0.15, 0.2) is 0 Å². The van der Waals surface area contributed by atoms with Crippen LogP contribution in [0.4, 0.5) is 4.79 Å². The number of halogens is 1. The number of hydrogen-bond acceptors (Lipinski definition) is 5. The Hall–Kier alpha value is -1.01. The Morgan fingerprint density at radius 1 is 1.33 bits per heavy atom. The highest BCUT2D eigenvalue weighted by Gasteiger charge is 2.16. The van der Waals surface area contributed by atoms with Crippen LogP contribution in [-0.4, -0.2) is 37.4 Å². The zero-order valence-corrected chi connectivity index (χ0v) is 12.1. The van der Waals surface area contributed by atoms with E-state index >= 15 is 0 Å². The zero-order chi connectivity index (χ0) is 13.5. The van der Waals surface area contributed by atoms with Crippen LogP contribution in [0, 0.1) is 0 Å². The largest absolute Gasteiger partial charge is 0.468 e. The summed E-state index contributed by atoms with van der Waals surface area (Å²) in [7, 11) is 1.29. The second-order valence-electron chi connectivity index (χ2n) is 4.70. The third kappa shape index (κ3) is 10.2. The highest BCUT2D eigenvalue weighted by Crippen LogP contribution is 2.06. The third-order valence-corrected chi connectivity index (χ3v) is 1.86. The molecule has 6 nitrogen and oxygen atoms in total. The lowest BCUT2D eigenvalue weighted by molar-refractivity contribution is -0.142. The molecule has 18 heavy (non-hydrogen) atoms. The highest BCUT2D eigenvalue weighted by molar-refractivity contribution is 5.85. The molecule has 0 saturated carbocycles. The van der Waals surface area contributed by atoms with Gasteiger partial charge in [-0.2, -0.15) is 0 Å². The average Bonchev–Trinajstić information content (AvgIpc) is 2.20. The Kier molecular flexibility index (Phi) is 9.66. The van der Waals surface area contributed by atoms with Gasteiger partial charge in [0.2, 0.25) is 0 Å². The summed E-state index contributed by atoms with van der Waals surface area (Å²) < 4.78 is 9.52. The van der Waals surface area contributed by atoms with Gasteiger partial charge in [-0.05, 0) is 33.6 Å². The normalized spacial score (nSPS) is 12.1. The number of hydrogen-bond donors (Lipinski definition) is 2. The molecule has 0 aliphatic rings. The van der Waals surface area contributed by atoms with E-state index in [1.165, 1.54) is 7.11 Å². The van der Waals surface area contributed by atoms with Gasteiger partial charge in [0.05, 0.1) is 7.11 Å². The molecule has 0 radical (unpaired) electrons. The predicted molar refractivity (Wildman–Crippen MR) is 70.7 cm³/mol. The van der Waals surface area contributed by atoms with Crippen LogP contribution in [0.3, 0.4) is 0 Å². The van der Waals surface area contributed by atoms with Crippen molar-refractivity contribution in [3.8, 4) is 0 Å². The monoisotopic (exact) mass is 282 g/mol. The van der Waals surface area contributed by atoms with Gasteiger partial charge in [-0.3, -0.25) is 4.79 Å². The quantitative estimate of drug-likeness (QED) is 0.584. The number of nitrogens with two attached hydrogens (primary N) is 1. The van der Waals surface area contributed by atoms with Crippen molar-refractivity contribution in [1.29, 1.82) is 0 Å². The van der Waals surface area contributed by atoms with E-state index in [1.807, 2.05) is 0 Å². The summed E-state index contributed by atoms with van der Waals surface area (Å²) in [4.78, 5) is 22.2. The van der Waals surface area contributed by atoms with Crippen LogP contribution in [0.1, 0.15) is 33.6 Å². The van der Waals surface area contributed by atoms with Gasteiger partial charge >= 0.3 is 12.1 Å². The molecule has 0 aliphatic carbocycles. The molecule has 0 rings (SSSR count). The third-order valence-electron chi connectivity index (χ3n) is 1.86.